The van der Waals surface area contributed by atoms with Gasteiger partial charge in [-0.05, 0) is 51.1 Å². The van der Waals surface area contributed by atoms with Gasteiger partial charge in [-0.3, -0.25) is 4.72 Å². The third-order valence-electron chi connectivity index (χ3n) is 5.28. The van der Waals surface area contributed by atoms with Crippen LogP contribution in [0.5, 0.6) is 5.75 Å². The van der Waals surface area contributed by atoms with E-state index in [0.29, 0.717) is 17.4 Å². The predicted molar refractivity (Wildman–Crippen MR) is 140 cm³/mol. The lowest BCUT2D eigenvalue weighted by Gasteiger charge is -2.34. The minimum Gasteiger partial charge on any atom is -0.492 e. The molecule has 1 aliphatic heterocycles. The van der Waals surface area contributed by atoms with Crippen LogP contribution in [-0.4, -0.2) is 20.0 Å². The van der Waals surface area contributed by atoms with Gasteiger partial charge in [0, 0.05) is 22.7 Å². The van der Waals surface area contributed by atoms with Crippen molar-refractivity contribution in [3.8, 4) is 16.9 Å². The van der Waals surface area contributed by atoms with E-state index in [1.54, 1.807) is 56.5 Å². The van der Waals surface area contributed by atoms with E-state index in [4.69, 9.17) is 9.73 Å². The number of hydrogen-bond donors (Lipinski definition) is 2. The summed E-state index contributed by atoms with van der Waals surface area (Å²) in [5, 5.41) is 5.69. The highest BCUT2D eigenvalue weighted by atomic mass is 32.9. The van der Waals surface area contributed by atoms with Gasteiger partial charge in [-0.1, -0.05) is 32.8 Å². The summed E-state index contributed by atoms with van der Waals surface area (Å²) in [5.74, 6) is 0.822. The van der Waals surface area contributed by atoms with Gasteiger partial charge in [0.05, 0.1) is 33.3 Å². The Bertz CT molecular complexity index is 1500. The van der Waals surface area contributed by atoms with Gasteiger partial charge in [-0.15, -0.1) is 11.3 Å². The first kappa shape index (κ1) is 23.0. The Morgan fingerprint density at radius 2 is 1.94 bits per heavy atom. The molecule has 2 aromatic carbocycles. The molecule has 2 aromatic heterocycles. The number of thiazole rings is 1. The second kappa shape index (κ2) is 8.81. The number of ether oxygens (including phenoxy) is 1. The standard InChI is InChI=1S/C23H22N4O3S4/c1-4-30-17-7-5-6-16-18-20(23(2,3)26-19(16)17)32-33-21(18)25-14-8-10-15(11-9-14)34(28,29)27-22-24-12-13-31-22/h5-13,26H,4H2,1-3H3,(H,24,27). The van der Waals surface area contributed by atoms with Crippen molar-refractivity contribution in [2.24, 2.45) is 4.99 Å². The molecule has 176 valence electrons. The zero-order valence-electron chi connectivity index (χ0n) is 18.7. The maximum atomic E-state index is 12.6. The molecule has 0 spiro atoms. The van der Waals surface area contributed by atoms with Crippen LogP contribution in [0.15, 0.2) is 63.9 Å². The predicted octanol–water partition coefficient (Wildman–Crippen LogP) is 6.03. The lowest BCUT2D eigenvalue weighted by molar-refractivity contribution is 0.341. The smallest absolute Gasteiger partial charge is 0.263 e. The molecule has 11 heteroatoms. The second-order valence-electron chi connectivity index (χ2n) is 8.09. The molecule has 0 radical (unpaired) electrons. The minimum atomic E-state index is -3.70. The van der Waals surface area contributed by atoms with Crippen LogP contribution in [0.1, 0.15) is 25.6 Å². The molecule has 0 amide bonds. The van der Waals surface area contributed by atoms with Gasteiger partial charge in [-0.25, -0.2) is 18.4 Å². The van der Waals surface area contributed by atoms with E-state index < -0.39 is 10.0 Å². The van der Waals surface area contributed by atoms with Crippen molar-refractivity contribution in [1.82, 2.24) is 4.98 Å². The quantitative estimate of drug-likeness (QED) is 0.297. The first-order valence-electron chi connectivity index (χ1n) is 10.5. The molecule has 0 aliphatic carbocycles. The average Bonchev–Trinajstić information content (AvgIpc) is 3.45. The average molecular weight is 531 g/mol. The van der Waals surface area contributed by atoms with Crippen molar-refractivity contribution in [1.29, 1.82) is 0 Å². The van der Waals surface area contributed by atoms with Crippen LogP contribution >= 0.6 is 32.0 Å². The van der Waals surface area contributed by atoms with Crippen LogP contribution in [0, 0.1) is 0 Å². The van der Waals surface area contributed by atoms with Crippen LogP contribution in [-0.2, 0) is 15.6 Å². The third-order valence-corrected chi connectivity index (χ3v) is 10.1. The van der Waals surface area contributed by atoms with Gasteiger partial charge in [0.25, 0.3) is 10.0 Å². The number of fused-ring (bicyclic) bond motifs is 3. The monoisotopic (exact) mass is 530 g/mol. The molecule has 0 atom stereocenters. The van der Waals surface area contributed by atoms with E-state index in [1.165, 1.54) is 16.2 Å². The number of anilines is 2. The Morgan fingerprint density at radius 1 is 1.15 bits per heavy atom. The van der Waals surface area contributed by atoms with Crippen LogP contribution in [0.4, 0.5) is 16.5 Å². The SMILES string of the molecule is CCOc1cccc2c1NC(C)(C)c1ssc(=Nc3ccc(S(=O)(=O)Nc4nccs4)cc3)c1-2. The molecule has 0 unspecified atom stereocenters. The second-order valence-corrected chi connectivity index (χ2v) is 12.8. The Morgan fingerprint density at radius 3 is 2.65 bits per heavy atom. The van der Waals surface area contributed by atoms with Crippen LogP contribution in [0.25, 0.3) is 11.1 Å². The summed E-state index contributed by atoms with van der Waals surface area (Å²) in [4.78, 5) is 10.2. The Labute approximate surface area is 209 Å². The van der Waals surface area contributed by atoms with E-state index in [2.05, 4.69) is 34.9 Å². The van der Waals surface area contributed by atoms with E-state index >= 15 is 0 Å². The van der Waals surface area contributed by atoms with Crippen LogP contribution in [0.2, 0.25) is 0 Å². The third kappa shape index (κ3) is 4.24. The fourth-order valence-electron chi connectivity index (χ4n) is 3.77. The van der Waals surface area contributed by atoms with Crippen molar-refractivity contribution in [2.75, 3.05) is 16.6 Å². The molecule has 0 bridgehead atoms. The summed E-state index contributed by atoms with van der Waals surface area (Å²) in [6.45, 7) is 6.86. The fraction of sp³-hybridized carbons (Fsp3) is 0.217. The molecule has 4 aromatic rings. The fourth-order valence-corrected chi connectivity index (χ4v) is 8.50. The maximum absolute atomic E-state index is 12.6. The van der Waals surface area contributed by atoms with E-state index in [9.17, 15) is 8.42 Å². The van der Waals surface area contributed by atoms with Crippen molar-refractivity contribution in [2.45, 2.75) is 31.2 Å². The molecule has 5 rings (SSSR count). The number of benzene rings is 2. The Balaban J connectivity index is 1.54. The zero-order chi connectivity index (χ0) is 23.9. The van der Waals surface area contributed by atoms with Crippen molar-refractivity contribution in [3.63, 3.8) is 0 Å². The molecule has 34 heavy (non-hydrogen) atoms. The molecule has 1 aliphatic rings. The molecule has 0 fully saturated rings. The number of aromatic nitrogens is 1. The largest absolute Gasteiger partial charge is 0.492 e. The number of para-hydroxylation sites is 1. The van der Waals surface area contributed by atoms with Crippen molar-refractivity contribution >= 4 is 58.5 Å². The first-order valence-corrected chi connectivity index (χ1v) is 15.0. The summed E-state index contributed by atoms with van der Waals surface area (Å²) < 4.78 is 34.5. The van der Waals surface area contributed by atoms with Crippen molar-refractivity contribution < 1.29 is 13.2 Å². The summed E-state index contributed by atoms with van der Waals surface area (Å²) in [7, 11) is -0.385. The van der Waals surface area contributed by atoms with Crippen molar-refractivity contribution in [3.05, 3.63) is 63.6 Å². The maximum Gasteiger partial charge on any atom is 0.263 e. The summed E-state index contributed by atoms with van der Waals surface area (Å²) in [6, 6.07) is 12.6. The van der Waals surface area contributed by atoms with Gasteiger partial charge in [0.1, 0.15) is 10.4 Å². The summed E-state index contributed by atoms with van der Waals surface area (Å²) in [6.07, 6.45) is 1.56. The Hall–Kier alpha value is -2.73. The summed E-state index contributed by atoms with van der Waals surface area (Å²) >= 11 is 1.23. The van der Waals surface area contributed by atoms with Gasteiger partial charge in [0.2, 0.25) is 0 Å². The molecular formula is C23H22N4O3S4. The molecule has 2 N–H and O–H groups in total. The normalized spacial score (nSPS) is 14.7. The highest BCUT2D eigenvalue weighted by Gasteiger charge is 2.35. The van der Waals surface area contributed by atoms with Gasteiger partial charge in [-0.2, -0.15) is 0 Å². The van der Waals surface area contributed by atoms with Crippen LogP contribution in [0.3, 0.4) is 0 Å². The molecular weight excluding hydrogens is 509 g/mol. The molecule has 3 heterocycles. The van der Waals surface area contributed by atoms with Gasteiger partial charge >= 0.3 is 0 Å². The zero-order valence-corrected chi connectivity index (χ0v) is 21.9. The Kier molecular flexibility index (Phi) is 5.96. The number of nitrogens with one attached hydrogen (secondary N) is 2. The van der Waals surface area contributed by atoms with Crippen LogP contribution < -0.4 is 19.4 Å². The number of hydrogen-bond acceptors (Lipinski definition) is 9. The molecule has 0 saturated carbocycles. The highest BCUT2D eigenvalue weighted by molar-refractivity contribution is 7.93. The topological polar surface area (TPSA) is 92.7 Å². The van der Waals surface area contributed by atoms with E-state index in [1.807, 2.05) is 19.1 Å². The lowest BCUT2D eigenvalue weighted by atomic mass is 9.89. The van der Waals surface area contributed by atoms with Gasteiger partial charge < -0.3 is 10.1 Å². The van der Waals surface area contributed by atoms with E-state index in [0.717, 1.165) is 27.2 Å². The number of rotatable bonds is 6. The minimum absolute atomic E-state index is 0.162. The first-order chi connectivity index (χ1) is 16.3. The summed E-state index contributed by atoms with van der Waals surface area (Å²) in [5.41, 5.74) is 3.53. The number of nitrogens with zero attached hydrogens (tertiary/aromatic N) is 2. The molecule has 0 saturated heterocycles. The van der Waals surface area contributed by atoms with Gasteiger partial charge in [0.15, 0.2) is 5.13 Å². The lowest BCUT2D eigenvalue weighted by Crippen LogP contribution is -2.32. The molecule has 7 nitrogen and oxygen atoms in total. The highest BCUT2D eigenvalue weighted by Crippen LogP contribution is 2.48. The number of sulfonamides is 1. The van der Waals surface area contributed by atoms with E-state index in [-0.39, 0.29) is 10.4 Å².